The molecule has 1 aliphatic rings. The molecule has 1 saturated heterocycles. The number of rotatable bonds is 4. The zero-order chi connectivity index (χ0) is 12.4. The largest absolute Gasteiger partial charge is 0.315 e. The lowest BCUT2D eigenvalue weighted by atomic mass is 10.2. The molecule has 0 spiro atoms. The molecule has 0 radical (unpaired) electrons. The number of halogens is 1. The van der Waals surface area contributed by atoms with Crippen molar-refractivity contribution in [1.29, 1.82) is 0 Å². The van der Waals surface area contributed by atoms with Gasteiger partial charge in [-0.3, -0.25) is 9.58 Å². The van der Waals surface area contributed by atoms with Gasteiger partial charge in [-0.1, -0.05) is 18.5 Å². The molecule has 0 bridgehead atoms. The summed E-state index contributed by atoms with van der Waals surface area (Å²) in [6.45, 7) is 5.15. The fourth-order valence-corrected chi connectivity index (χ4v) is 2.73. The molecule has 2 heterocycles. The predicted octanol–water partition coefficient (Wildman–Crippen LogP) is 1.43. The molecular formula is C12H21ClN4. The summed E-state index contributed by atoms with van der Waals surface area (Å²) >= 11 is 6.35. The van der Waals surface area contributed by atoms with Crippen molar-refractivity contribution in [2.24, 2.45) is 7.05 Å². The van der Waals surface area contributed by atoms with Crippen molar-refractivity contribution in [3.05, 3.63) is 16.4 Å². The van der Waals surface area contributed by atoms with Crippen LogP contribution in [0.5, 0.6) is 0 Å². The van der Waals surface area contributed by atoms with Gasteiger partial charge < -0.3 is 5.32 Å². The number of aromatic nitrogens is 2. The maximum Gasteiger partial charge on any atom is 0.0863 e. The zero-order valence-corrected chi connectivity index (χ0v) is 11.6. The van der Waals surface area contributed by atoms with Crippen LogP contribution in [0.4, 0.5) is 0 Å². The number of aryl methyl sites for hydroxylation is 2. The summed E-state index contributed by atoms with van der Waals surface area (Å²) in [6.07, 6.45) is 2.11. The van der Waals surface area contributed by atoms with Gasteiger partial charge in [0, 0.05) is 26.2 Å². The van der Waals surface area contributed by atoms with Gasteiger partial charge in [0.2, 0.25) is 0 Å². The molecule has 1 N–H and O–H groups in total. The molecule has 4 nitrogen and oxygen atoms in total. The minimum Gasteiger partial charge on any atom is -0.315 e. The number of likely N-dealkylation sites (N-methyl/N-ethyl adjacent to an activating group) is 1. The first-order valence-corrected chi connectivity index (χ1v) is 6.62. The van der Waals surface area contributed by atoms with Gasteiger partial charge in [0.05, 0.1) is 16.4 Å². The van der Waals surface area contributed by atoms with E-state index in [1.165, 1.54) is 6.42 Å². The monoisotopic (exact) mass is 256 g/mol. The molecule has 1 aliphatic heterocycles. The molecule has 1 aromatic heterocycles. The standard InChI is InChI=1S/C12H21ClN4/c1-4-10-12(13)11(17(3)15-10)8-16(2)9-5-6-14-7-9/h9,14H,4-8H2,1-3H3. The van der Waals surface area contributed by atoms with Crippen LogP contribution in [-0.4, -0.2) is 40.9 Å². The Hall–Kier alpha value is -0.580. The Kier molecular flexibility index (Phi) is 4.07. The molecule has 1 unspecified atom stereocenters. The summed E-state index contributed by atoms with van der Waals surface area (Å²) in [5, 5.41) is 8.68. The normalized spacial score (nSPS) is 20.4. The van der Waals surface area contributed by atoms with E-state index in [1.807, 2.05) is 11.7 Å². The van der Waals surface area contributed by atoms with E-state index in [-0.39, 0.29) is 0 Å². The number of hydrogen-bond acceptors (Lipinski definition) is 3. The van der Waals surface area contributed by atoms with E-state index >= 15 is 0 Å². The first-order chi connectivity index (χ1) is 8.13. The zero-order valence-electron chi connectivity index (χ0n) is 10.8. The summed E-state index contributed by atoms with van der Waals surface area (Å²) in [4.78, 5) is 2.36. The van der Waals surface area contributed by atoms with Gasteiger partial charge >= 0.3 is 0 Å². The average molecular weight is 257 g/mol. The van der Waals surface area contributed by atoms with Gasteiger partial charge in [0.1, 0.15) is 0 Å². The minimum absolute atomic E-state index is 0.617. The summed E-state index contributed by atoms with van der Waals surface area (Å²) in [7, 11) is 4.13. The van der Waals surface area contributed by atoms with Crippen LogP contribution >= 0.6 is 11.6 Å². The van der Waals surface area contributed by atoms with E-state index < -0.39 is 0 Å². The predicted molar refractivity (Wildman–Crippen MR) is 70.3 cm³/mol. The Labute approximate surface area is 108 Å². The Balaban J connectivity index is 2.09. The molecule has 0 amide bonds. The van der Waals surface area contributed by atoms with Crippen molar-refractivity contribution < 1.29 is 0 Å². The van der Waals surface area contributed by atoms with Crippen LogP contribution in [0, 0.1) is 0 Å². The Morgan fingerprint density at radius 3 is 2.88 bits per heavy atom. The molecule has 2 rings (SSSR count). The molecular weight excluding hydrogens is 236 g/mol. The third-order valence-corrected chi connectivity index (χ3v) is 4.00. The molecule has 96 valence electrons. The molecule has 17 heavy (non-hydrogen) atoms. The number of hydrogen-bond donors (Lipinski definition) is 1. The summed E-state index contributed by atoms with van der Waals surface area (Å²) in [5.41, 5.74) is 2.13. The van der Waals surface area contributed by atoms with Crippen LogP contribution in [0.25, 0.3) is 0 Å². The summed E-state index contributed by atoms with van der Waals surface area (Å²) in [6, 6.07) is 0.617. The highest BCUT2D eigenvalue weighted by Crippen LogP contribution is 2.23. The van der Waals surface area contributed by atoms with Crippen LogP contribution in [0.15, 0.2) is 0 Å². The maximum absolute atomic E-state index is 6.35. The van der Waals surface area contributed by atoms with Crippen molar-refractivity contribution >= 4 is 11.6 Å². The van der Waals surface area contributed by atoms with E-state index in [4.69, 9.17) is 11.6 Å². The maximum atomic E-state index is 6.35. The number of nitrogens with zero attached hydrogens (tertiary/aromatic N) is 3. The molecule has 5 heteroatoms. The highest BCUT2D eigenvalue weighted by atomic mass is 35.5. The lowest BCUT2D eigenvalue weighted by molar-refractivity contribution is 0.243. The van der Waals surface area contributed by atoms with E-state index in [2.05, 4.69) is 29.3 Å². The van der Waals surface area contributed by atoms with E-state index in [1.54, 1.807) is 0 Å². The summed E-state index contributed by atoms with van der Waals surface area (Å²) < 4.78 is 1.92. The summed E-state index contributed by atoms with van der Waals surface area (Å²) in [5.74, 6) is 0. The fraction of sp³-hybridized carbons (Fsp3) is 0.750. The molecule has 0 aliphatic carbocycles. The Bertz CT molecular complexity index is 382. The topological polar surface area (TPSA) is 33.1 Å². The van der Waals surface area contributed by atoms with Crippen LogP contribution in [0.1, 0.15) is 24.7 Å². The molecule has 1 fully saturated rings. The van der Waals surface area contributed by atoms with Crippen LogP contribution in [0.2, 0.25) is 5.02 Å². The highest BCUT2D eigenvalue weighted by molar-refractivity contribution is 6.31. The quantitative estimate of drug-likeness (QED) is 0.885. The second-order valence-electron chi connectivity index (χ2n) is 4.75. The van der Waals surface area contributed by atoms with Crippen molar-refractivity contribution in [2.75, 3.05) is 20.1 Å². The Morgan fingerprint density at radius 2 is 2.35 bits per heavy atom. The Morgan fingerprint density at radius 1 is 1.59 bits per heavy atom. The third kappa shape index (κ3) is 2.64. The lowest BCUT2D eigenvalue weighted by Gasteiger charge is -2.23. The van der Waals surface area contributed by atoms with Crippen molar-refractivity contribution in [2.45, 2.75) is 32.4 Å². The fourth-order valence-electron chi connectivity index (χ4n) is 2.37. The van der Waals surface area contributed by atoms with Gasteiger partial charge in [0.15, 0.2) is 0 Å². The highest BCUT2D eigenvalue weighted by Gasteiger charge is 2.22. The lowest BCUT2D eigenvalue weighted by Crippen LogP contribution is -2.33. The minimum atomic E-state index is 0.617. The average Bonchev–Trinajstić information content (AvgIpc) is 2.92. The van der Waals surface area contributed by atoms with Crippen molar-refractivity contribution in [1.82, 2.24) is 20.0 Å². The van der Waals surface area contributed by atoms with Gasteiger partial charge in [-0.25, -0.2) is 0 Å². The molecule has 1 aromatic rings. The van der Waals surface area contributed by atoms with E-state index in [9.17, 15) is 0 Å². The molecule has 1 atom stereocenters. The van der Waals surface area contributed by atoms with Gasteiger partial charge in [0.25, 0.3) is 0 Å². The van der Waals surface area contributed by atoms with Gasteiger partial charge in [-0.15, -0.1) is 0 Å². The SMILES string of the molecule is CCc1nn(C)c(CN(C)C2CCNC2)c1Cl. The van der Waals surface area contributed by atoms with Crippen molar-refractivity contribution in [3.63, 3.8) is 0 Å². The molecule has 0 saturated carbocycles. The van der Waals surface area contributed by atoms with E-state index in [0.29, 0.717) is 6.04 Å². The second-order valence-corrected chi connectivity index (χ2v) is 5.12. The van der Waals surface area contributed by atoms with Gasteiger partial charge in [-0.2, -0.15) is 5.10 Å². The smallest absolute Gasteiger partial charge is 0.0863 e. The van der Waals surface area contributed by atoms with E-state index in [0.717, 1.165) is 42.5 Å². The van der Waals surface area contributed by atoms with Crippen LogP contribution in [-0.2, 0) is 20.0 Å². The number of nitrogens with one attached hydrogen (secondary N) is 1. The first kappa shape index (κ1) is 12.9. The van der Waals surface area contributed by atoms with Gasteiger partial charge in [-0.05, 0) is 26.4 Å². The van der Waals surface area contributed by atoms with Crippen LogP contribution < -0.4 is 5.32 Å². The first-order valence-electron chi connectivity index (χ1n) is 6.24. The second kappa shape index (κ2) is 5.38. The molecule has 0 aromatic carbocycles. The third-order valence-electron chi connectivity index (χ3n) is 3.56. The van der Waals surface area contributed by atoms with Crippen molar-refractivity contribution in [3.8, 4) is 0 Å². The van der Waals surface area contributed by atoms with Crippen LogP contribution in [0.3, 0.4) is 0 Å².